The lowest BCUT2D eigenvalue weighted by Gasteiger charge is -2.23. The third-order valence-electron chi connectivity index (χ3n) is 1.59. The van der Waals surface area contributed by atoms with Crippen molar-refractivity contribution >= 4 is 19.5 Å². The van der Waals surface area contributed by atoms with Crippen LogP contribution in [0.4, 0.5) is 0 Å². The lowest BCUT2D eigenvalue weighted by atomic mass is 10.7. The molecule has 17 heavy (non-hydrogen) atoms. The predicted molar refractivity (Wildman–Crippen MR) is 58.4 cm³/mol. The van der Waals surface area contributed by atoms with E-state index in [1.807, 2.05) is 0 Å². The molecule has 0 N–H and O–H groups in total. The molecule has 1 unspecified atom stereocenters. The molecule has 8 heteroatoms. The summed E-state index contributed by atoms with van der Waals surface area (Å²) in [6.45, 7) is 4.33. The Kier molecular flexibility index (Phi) is 7.03. The first-order chi connectivity index (χ1) is 7.91. The van der Waals surface area contributed by atoms with Gasteiger partial charge in [-0.3, -0.25) is 9.36 Å². The molecule has 0 aliphatic rings. The van der Waals surface area contributed by atoms with Crippen molar-refractivity contribution in [3.63, 3.8) is 0 Å². The highest BCUT2D eigenvalue weighted by molar-refractivity contribution is 7.55. The summed E-state index contributed by atoms with van der Waals surface area (Å²) in [5.74, 6) is -3.45. The molecule has 0 aliphatic heterocycles. The number of hydrogen-bond acceptors (Lipinski definition) is 7. The fourth-order valence-electron chi connectivity index (χ4n) is 1.03. The van der Waals surface area contributed by atoms with Crippen LogP contribution in [0, 0.1) is 0 Å². The van der Waals surface area contributed by atoms with Crippen molar-refractivity contribution in [1.29, 1.82) is 0 Å². The fraction of sp³-hybridized carbons (Fsp3) is 0.778. The quantitative estimate of drug-likeness (QED) is 0.508. The molecule has 1 atom stereocenters. The summed E-state index contributed by atoms with van der Waals surface area (Å²) >= 11 is 0. The van der Waals surface area contributed by atoms with Crippen LogP contribution in [0.25, 0.3) is 0 Å². The van der Waals surface area contributed by atoms with E-state index in [0.29, 0.717) is 0 Å². The standard InChI is InChI=1S/C9H17O7P/c1-5-14-17(12,15-6-2)9(8(11)13-4)16-7(3)10/h9H,5-6H2,1-4H3. The SMILES string of the molecule is CCOP(=O)(OCC)C(OC(C)=O)C(=O)OC. The van der Waals surface area contributed by atoms with E-state index in [1.165, 1.54) is 0 Å². The molecule has 7 nitrogen and oxygen atoms in total. The van der Waals surface area contributed by atoms with E-state index in [9.17, 15) is 14.2 Å². The van der Waals surface area contributed by atoms with Crippen molar-refractivity contribution in [2.45, 2.75) is 26.6 Å². The fourth-order valence-corrected chi connectivity index (χ4v) is 2.74. The van der Waals surface area contributed by atoms with Crippen molar-refractivity contribution in [2.75, 3.05) is 20.3 Å². The summed E-state index contributed by atoms with van der Waals surface area (Å²) in [7, 11) is -2.79. The Balaban J connectivity index is 5.12. The Morgan fingerprint density at radius 1 is 1.18 bits per heavy atom. The molecule has 0 saturated heterocycles. The van der Waals surface area contributed by atoms with Gasteiger partial charge in [-0.05, 0) is 13.8 Å². The van der Waals surface area contributed by atoms with Gasteiger partial charge in [0.05, 0.1) is 20.3 Å². The number of carbonyl (C=O) groups excluding carboxylic acids is 2. The normalized spacial score (nSPS) is 12.9. The van der Waals surface area contributed by atoms with Gasteiger partial charge < -0.3 is 18.5 Å². The Morgan fingerprint density at radius 3 is 1.94 bits per heavy atom. The Labute approximate surface area is 99.9 Å². The Bertz CT molecular complexity index is 304. The molecular weight excluding hydrogens is 251 g/mol. The third kappa shape index (κ3) is 4.85. The van der Waals surface area contributed by atoms with Crippen LogP contribution in [-0.2, 0) is 32.7 Å². The van der Waals surface area contributed by atoms with Gasteiger partial charge in [-0.25, -0.2) is 4.79 Å². The average Bonchev–Trinajstić information content (AvgIpc) is 2.25. The largest absolute Gasteiger partial charge is 0.466 e. The third-order valence-corrected chi connectivity index (χ3v) is 3.71. The zero-order chi connectivity index (χ0) is 13.5. The number of ether oxygens (including phenoxy) is 2. The van der Waals surface area contributed by atoms with Crippen LogP contribution in [0.1, 0.15) is 20.8 Å². The molecule has 0 aromatic heterocycles. The zero-order valence-corrected chi connectivity index (χ0v) is 11.2. The molecule has 0 saturated carbocycles. The Hall–Kier alpha value is -0.910. The molecule has 0 amide bonds. The van der Waals surface area contributed by atoms with E-state index in [4.69, 9.17) is 9.05 Å². The molecule has 0 aliphatic carbocycles. The van der Waals surface area contributed by atoms with Gasteiger partial charge in [0.1, 0.15) is 0 Å². The predicted octanol–water partition coefficient (Wildman–Crippen LogP) is 1.31. The molecule has 0 aromatic rings. The van der Waals surface area contributed by atoms with Crippen LogP contribution in [0.5, 0.6) is 0 Å². The minimum Gasteiger partial charge on any atom is -0.466 e. The number of rotatable bonds is 7. The lowest BCUT2D eigenvalue weighted by Crippen LogP contribution is -2.29. The first-order valence-corrected chi connectivity index (χ1v) is 6.66. The molecule has 0 bridgehead atoms. The number of carbonyl (C=O) groups is 2. The molecule has 0 spiro atoms. The molecule has 0 rings (SSSR count). The molecule has 0 radical (unpaired) electrons. The Morgan fingerprint density at radius 2 is 1.65 bits per heavy atom. The van der Waals surface area contributed by atoms with Crippen molar-refractivity contribution in [2.24, 2.45) is 0 Å². The molecule has 100 valence electrons. The minimum atomic E-state index is -3.87. The van der Waals surface area contributed by atoms with Gasteiger partial charge in [0.2, 0.25) is 0 Å². The molecular formula is C9H17O7P. The van der Waals surface area contributed by atoms with Crippen LogP contribution in [0.2, 0.25) is 0 Å². The maximum atomic E-state index is 12.2. The first kappa shape index (κ1) is 16.1. The molecule has 0 fully saturated rings. The van der Waals surface area contributed by atoms with E-state index >= 15 is 0 Å². The maximum absolute atomic E-state index is 12.2. The topological polar surface area (TPSA) is 88.1 Å². The van der Waals surface area contributed by atoms with Crippen LogP contribution in [0.3, 0.4) is 0 Å². The second kappa shape index (κ2) is 7.42. The number of hydrogen-bond donors (Lipinski definition) is 0. The van der Waals surface area contributed by atoms with Gasteiger partial charge >= 0.3 is 19.5 Å². The van der Waals surface area contributed by atoms with E-state index < -0.39 is 25.4 Å². The summed E-state index contributed by atoms with van der Waals surface area (Å²) in [5, 5.41) is 0. The number of methoxy groups -OCH3 is 1. The van der Waals surface area contributed by atoms with E-state index in [2.05, 4.69) is 9.47 Å². The van der Waals surface area contributed by atoms with Gasteiger partial charge in [0, 0.05) is 6.92 Å². The van der Waals surface area contributed by atoms with Gasteiger partial charge in [-0.1, -0.05) is 0 Å². The van der Waals surface area contributed by atoms with E-state index in [0.717, 1.165) is 14.0 Å². The summed E-state index contributed by atoms with van der Waals surface area (Å²) in [5.41, 5.74) is 0. The number of esters is 2. The minimum absolute atomic E-state index is 0.0477. The average molecular weight is 268 g/mol. The van der Waals surface area contributed by atoms with Crippen molar-refractivity contribution in [1.82, 2.24) is 0 Å². The molecule has 0 heterocycles. The van der Waals surface area contributed by atoms with Gasteiger partial charge in [0.15, 0.2) is 0 Å². The smallest absolute Gasteiger partial charge is 0.382 e. The van der Waals surface area contributed by atoms with Crippen molar-refractivity contribution in [3.8, 4) is 0 Å². The van der Waals surface area contributed by atoms with Crippen molar-refractivity contribution < 1.29 is 32.7 Å². The summed E-state index contributed by atoms with van der Waals surface area (Å²) < 4.78 is 31.1. The highest BCUT2D eigenvalue weighted by Crippen LogP contribution is 2.53. The zero-order valence-electron chi connectivity index (χ0n) is 10.3. The van der Waals surface area contributed by atoms with Crippen molar-refractivity contribution in [3.05, 3.63) is 0 Å². The molecule has 0 aromatic carbocycles. The van der Waals surface area contributed by atoms with Gasteiger partial charge in [0.25, 0.3) is 5.85 Å². The van der Waals surface area contributed by atoms with Gasteiger partial charge in [-0.15, -0.1) is 0 Å². The van der Waals surface area contributed by atoms with Crippen LogP contribution < -0.4 is 0 Å². The summed E-state index contributed by atoms with van der Waals surface area (Å²) in [6, 6.07) is 0. The summed E-state index contributed by atoms with van der Waals surface area (Å²) in [4.78, 5) is 22.3. The van der Waals surface area contributed by atoms with E-state index in [-0.39, 0.29) is 13.2 Å². The second-order valence-electron chi connectivity index (χ2n) is 2.86. The second-order valence-corrected chi connectivity index (χ2v) is 4.93. The maximum Gasteiger partial charge on any atom is 0.382 e. The van der Waals surface area contributed by atoms with Crippen LogP contribution >= 0.6 is 7.60 Å². The van der Waals surface area contributed by atoms with Gasteiger partial charge in [-0.2, -0.15) is 0 Å². The highest BCUT2D eigenvalue weighted by Gasteiger charge is 2.45. The first-order valence-electron chi connectivity index (χ1n) is 5.05. The highest BCUT2D eigenvalue weighted by atomic mass is 31.2. The van der Waals surface area contributed by atoms with Crippen LogP contribution in [-0.4, -0.2) is 38.1 Å². The monoisotopic (exact) mass is 268 g/mol. The lowest BCUT2D eigenvalue weighted by molar-refractivity contribution is -0.160. The van der Waals surface area contributed by atoms with E-state index in [1.54, 1.807) is 13.8 Å². The van der Waals surface area contributed by atoms with Crippen LogP contribution in [0.15, 0.2) is 0 Å². The summed E-state index contributed by atoms with van der Waals surface area (Å²) in [6.07, 6.45) is 0.